The van der Waals surface area contributed by atoms with Crippen molar-refractivity contribution < 1.29 is 0 Å². The molecule has 0 saturated heterocycles. The van der Waals surface area contributed by atoms with Crippen LogP contribution in [0, 0.1) is 0 Å². The molecule has 0 atom stereocenters. The van der Waals surface area contributed by atoms with E-state index in [4.69, 9.17) is 5.73 Å². The highest BCUT2D eigenvalue weighted by Crippen LogP contribution is 2.12. The Morgan fingerprint density at radius 3 is 2.54 bits per heavy atom. The van der Waals surface area contributed by atoms with Crippen molar-refractivity contribution in [3.05, 3.63) is 36.5 Å². The van der Waals surface area contributed by atoms with E-state index in [-0.39, 0.29) is 0 Å². The Morgan fingerprint density at radius 1 is 1.08 bits per heavy atom. The van der Waals surface area contributed by atoms with E-state index in [1.807, 2.05) is 30.3 Å². The molecule has 13 heavy (non-hydrogen) atoms. The summed E-state index contributed by atoms with van der Waals surface area (Å²) in [7, 11) is 0. The average molecular weight is 172 g/mol. The van der Waals surface area contributed by atoms with Gasteiger partial charge in [-0.1, -0.05) is 30.3 Å². The molecule has 2 aromatic rings. The minimum absolute atomic E-state index is 0.383. The standard InChI is InChI=1S/C9H8N4/c10-8-6-11-13-9(12-8)7-4-2-1-3-5-7/h1-6H,(H2,10,12,13). The third kappa shape index (κ3) is 1.61. The van der Waals surface area contributed by atoms with E-state index in [9.17, 15) is 0 Å². The molecule has 1 aromatic carbocycles. The molecule has 0 spiro atoms. The van der Waals surface area contributed by atoms with E-state index in [2.05, 4.69) is 15.2 Å². The van der Waals surface area contributed by atoms with Crippen LogP contribution < -0.4 is 5.73 Å². The van der Waals surface area contributed by atoms with Gasteiger partial charge < -0.3 is 5.73 Å². The Kier molecular flexibility index (Phi) is 1.88. The molecule has 4 nitrogen and oxygen atoms in total. The van der Waals surface area contributed by atoms with Gasteiger partial charge in [-0.05, 0) is 0 Å². The summed E-state index contributed by atoms with van der Waals surface area (Å²) in [5, 5.41) is 7.59. The lowest BCUT2D eigenvalue weighted by atomic mass is 10.2. The Morgan fingerprint density at radius 2 is 1.85 bits per heavy atom. The minimum Gasteiger partial charge on any atom is -0.382 e. The highest BCUT2D eigenvalue weighted by molar-refractivity contribution is 5.54. The largest absolute Gasteiger partial charge is 0.382 e. The maximum absolute atomic E-state index is 5.48. The summed E-state index contributed by atoms with van der Waals surface area (Å²) >= 11 is 0. The lowest BCUT2D eigenvalue weighted by molar-refractivity contribution is 0.987. The van der Waals surface area contributed by atoms with Crippen LogP contribution in [0.4, 0.5) is 5.82 Å². The van der Waals surface area contributed by atoms with E-state index in [0.29, 0.717) is 11.6 Å². The van der Waals surface area contributed by atoms with Gasteiger partial charge >= 0.3 is 0 Å². The Balaban J connectivity index is 2.48. The summed E-state index contributed by atoms with van der Waals surface area (Å²) < 4.78 is 0. The lowest BCUT2D eigenvalue weighted by Gasteiger charge is -1.97. The molecule has 0 bridgehead atoms. The lowest BCUT2D eigenvalue weighted by Crippen LogP contribution is -1.96. The van der Waals surface area contributed by atoms with Crippen molar-refractivity contribution >= 4 is 5.82 Å². The van der Waals surface area contributed by atoms with Gasteiger partial charge in [-0.25, -0.2) is 4.98 Å². The molecule has 4 heteroatoms. The van der Waals surface area contributed by atoms with Crippen molar-refractivity contribution in [1.29, 1.82) is 0 Å². The Bertz CT molecular complexity index is 399. The van der Waals surface area contributed by atoms with E-state index in [0.717, 1.165) is 5.56 Å². The van der Waals surface area contributed by atoms with Gasteiger partial charge in [0, 0.05) is 5.56 Å². The molecule has 0 unspecified atom stereocenters. The molecule has 0 aliphatic heterocycles. The van der Waals surface area contributed by atoms with E-state index < -0.39 is 0 Å². The second-order valence-corrected chi connectivity index (χ2v) is 2.57. The Hall–Kier alpha value is -1.97. The van der Waals surface area contributed by atoms with Crippen molar-refractivity contribution in [3.8, 4) is 11.4 Å². The van der Waals surface area contributed by atoms with Gasteiger partial charge in [0.2, 0.25) is 0 Å². The first-order valence-corrected chi connectivity index (χ1v) is 3.87. The first-order valence-electron chi connectivity index (χ1n) is 3.87. The number of aromatic nitrogens is 3. The summed E-state index contributed by atoms with van der Waals surface area (Å²) in [6.45, 7) is 0. The molecular weight excluding hydrogens is 164 g/mol. The molecule has 64 valence electrons. The maximum Gasteiger partial charge on any atom is 0.183 e. The second kappa shape index (κ2) is 3.18. The molecule has 0 aliphatic rings. The number of hydrogen-bond donors (Lipinski definition) is 1. The van der Waals surface area contributed by atoms with Crippen molar-refractivity contribution in [2.45, 2.75) is 0 Å². The van der Waals surface area contributed by atoms with Crippen LogP contribution in [0.2, 0.25) is 0 Å². The minimum atomic E-state index is 0.383. The Labute approximate surface area is 75.5 Å². The summed E-state index contributed by atoms with van der Waals surface area (Å²) in [6, 6.07) is 9.60. The predicted octanol–water partition coefficient (Wildman–Crippen LogP) is 1.12. The second-order valence-electron chi connectivity index (χ2n) is 2.57. The number of nitrogen functional groups attached to an aromatic ring is 1. The molecule has 1 aromatic heterocycles. The zero-order chi connectivity index (χ0) is 9.10. The quantitative estimate of drug-likeness (QED) is 0.700. The summed E-state index contributed by atoms with van der Waals surface area (Å²) in [5.41, 5.74) is 6.40. The molecule has 0 fully saturated rings. The van der Waals surface area contributed by atoms with Crippen molar-refractivity contribution in [3.63, 3.8) is 0 Å². The van der Waals surface area contributed by atoms with Crippen LogP contribution in [0.1, 0.15) is 0 Å². The highest BCUT2D eigenvalue weighted by Gasteiger charge is 1.99. The molecule has 0 saturated carbocycles. The van der Waals surface area contributed by atoms with Gasteiger partial charge in [-0.15, -0.1) is 5.10 Å². The number of nitrogens with two attached hydrogens (primary N) is 1. The summed E-state index contributed by atoms with van der Waals surface area (Å²) in [6.07, 6.45) is 1.42. The smallest absolute Gasteiger partial charge is 0.183 e. The fraction of sp³-hybridized carbons (Fsp3) is 0. The molecule has 1 heterocycles. The van der Waals surface area contributed by atoms with Gasteiger partial charge in [0.1, 0.15) is 5.82 Å². The third-order valence-electron chi connectivity index (χ3n) is 1.61. The number of nitrogens with zero attached hydrogens (tertiary/aromatic N) is 3. The molecule has 0 radical (unpaired) electrons. The molecule has 2 rings (SSSR count). The SMILES string of the molecule is Nc1cnnc(-c2ccccc2)n1. The molecular formula is C9H8N4. The number of anilines is 1. The average Bonchev–Trinajstić information content (AvgIpc) is 2.19. The number of rotatable bonds is 1. The zero-order valence-electron chi connectivity index (χ0n) is 6.88. The van der Waals surface area contributed by atoms with Gasteiger partial charge in [-0.3, -0.25) is 0 Å². The van der Waals surface area contributed by atoms with Crippen molar-refractivity contribution in [2.75, 3.05) is 5.73 Å². The van der Waals surface area contributed by atoms with Gasteiger partial charge in [0.25, 0.3) is 0 Å². The summed E-state index contributed by atoms with van der Waals surface area (Å²) in [4.78, 5) is 4.05. The van der Waals surface area contributed by atoms with E-state index >= 15 is 0 Å². The van der Waals surface area contributed by atoms with Gasteiger partial charge in [-0.2, -0.15) is 5.10 Å². The van der Waals surface area contributed by atoms with Crippen LogP contribution in [-0.2, 0) is 0 Å². The monoisotopic (exact) mass is 172 g/mol. The predicted molar refractivity (Wildman–Crippen MR) is 49.7 cm³/mol. The maximum atomic E-state index is 5.48. The third-order valence-corrected chi connectivity index (χ3v) is 1.61. The van der Waals surface area contributed by atoms with Crippen LogP contribution in [-0.4, -0.2) is 15.2 Å². The number of hydrogen-bond acceptors (Lipinski definition) is 4. The van der Waals surface area contributed by atoms with Gasteiger partial charge in [0.15, 0.2) is 5.82 Å². The topological polar surface area (TPSA) is 64.7 Å². The van der Waals surface area contributed by atoms with Crippen LogP contribution in [0.15, 0.2) is 36.5 Å². The fourth-order valence-corrected chi connectivity index (χ4v) is 1.03. The first kappa shape index (κ1) is 7.67. The van der Waals surface area contributed by atoms with Crippen LogP contribution in [0.3, 0.4) is 0 Å². The van der Waals surface area contributed by atoms with E-state index in [1.165, 1.54) is 6.20 Å². The highest BCUT2D eigenvalue weighted by atomic mass is 15.2. The van der Waals surface area contributed by atoms with Crippen LogP contribution in [0.25, 0.3) is 11.4 Å². The van der Waals surface area contributed by atoms with E-state index in [1.54, 1.807) is 0 Å². The first-order chi connectivity index (χ1) is 6.36. The van der Waals surface area contributed by atoms with Gasteiger partial charge in [0.05, 0.1) is 6.20 Å². The van der Waals surface area contributed by atoms with Crippen LogP contribution >= 0.6 is 0 Å². The number of benzene rings is 1. The summed E-state index contributed by atoms with van der Waals surface area (Å²) in [5.74, 6) is 0.939. The molecule has 0 amide bonds. The van der Waals surface area contributed by atoms with Crippen molar-refractivity contribution in [2.24, 2.45) is 0 Å². The fourth-order valence-electron chi connectivity index (χ4n) is 1.03. The molecule has 0 aliphatic carbocycles. The normalized spacial score (nSPS) is 9.85. The molecule has 2 N–H and O–H groups in total. The zero-order valence-corrected chi connectivity index (χ0v) is 6.88. The van der Waals surface area contributed by atoms with Crippen molar-refractivity contribution in [1.82, 2.24) is 15.2 Å². The van der Waals surface area contributed by atoms with Crippen LogP contribution in [0.5, 0.6) is 0 Å².